The van der Waals surface area contributed by atoms with E-state index in [2.05, 4.69) is 10.3 Å². The lowest BCUT2D eigenvalue weighted by atomic mass is 10.2. The van der Waals surface area contributed by atoms with Crippen molar-refractivity contribution in [3.63, 3.8) is 0 Å². The quantitative estimate of drug-likeness (QED) is 0.390. The number of rotatable bonds is 8. The van der Waals surface area contributed by atoms with Crippen molar-refractivity contribution in [3.05, 3.63) is 83.8 Å². The van der Waals surface area contributed by atoms with Gasteiger partial charge in [-0.15, -0.1) is 0 Å². The molecule has 1 heterocycles. The number of nitrogens with zero attached hydrogens (tertiary/aromatic N) is 1. The summed E-state index contributed by atoms with van der Waals surface area (Å²) in [6.45, 7) is 0.579. The van der Waals surface area contributed by atoms with Gasteiger partial charge in [0, 0.05) is 24.4 Å². The normalized spacial score (nSPS) is 11.1. The van der Waals surface area contributed by atoms with Gasteiger partial charge in [-0.25, -0.2) is 9.37 Å². The third kappa shape index (κ3) is 6.43. The summed E-state index contributed by atoms with van der Waals surface area (Å²) in [5.74, 6) is -0.278. The van der Waals surface area contributed by atoms with Crippen molar-refractivity contribution in [2.24, 2.45) is 0 Å². The van der Waals surface area contributed by atoms with Crippen LogP contribution >= 0.6 is 0 Å². The van der Waals surface area contributed by atoms with Crippen LogP contribution in [0.2, 0.25) is 0 Å². The standard InChI is InChI=1S/C22H18F4N2O3/c23-18-4-1-2-5-19(18)30-13-3-12-27-21(29)15-6-9-17(10-7-15)31-20-11-8-16(14-28-20)22(24,25)26/h1-2,4-11,14H,3,12-13H2,(H,27,29). The van der Waals surface area contributed by atoms with E-state index in [0.29, 0.717) is 30.5 Å². The molecule has 0 aliphatic rings. The molecule has 0 atom stereocenters. The van der Waals surface area contributed by atoms with E-state index in [9.17, 15) is 22.4 Å². The maximum atomic E-state index is 13.4. The smallest absolute Gasteiger partial charge is 0.417 e. The van der Waals surface area contributed by atoms with Crippen LogP contribution in [-0.4, -0.2) is 24.0 Å². The van der Waals surface area contributed by atoms with Gasteiger partial charge in [-0.2, -0.15) is 13.2 Å². The Morgan fingerprint density at radius 3 is 2.39 bits per heavy atom. The lowest BCUT2D eigenvalue weighted by molar-refractivity contribution is -0.137. The molecular weight excluding hydrogens is 416 g/mol. The van der Waals surface area contributed by atoms with Crippen LogP contribution in [0, 0.1) is 5.82 Å². The molecule has 0 saturated carbocycles. The minimum Gasteiger partial charge on any atom is -0.490 e. The summed E-state index contributed by atoms with van der Waals surface area (Å²) < 4.78 is 61.8. The minimum absolute atomic E-state index is 0.0000503. The molecule has 2 aromatic carbocycles. The van der Waals surface area contributed by atoms with Crippen LogP contribution in [0.15, 0.2) is 66.9 Å². The number of aromatic nitrogens is 1. The molecule has 0 saturated heterocycles. The molecule has 162 valence electrons. The maximum absolute atomic E-state index is 13.4. The number of hydrogen-bond acceptors (Lipinski definition) is 4. The zero-order valence-corrected chi connectivity index (χ0v) is 16.2. The minimum atomic E-state index is -4.47. The first-order valence-corrected chi connectivity index (χ1v) is 9.29. The Bertz CT molecular complexity index is 1010. The van der Waals surface area contributed by atoms with Crippen molar-refractivity contribution in [2.45, 2.75) is 12.6 Å². The van der Waals surface area contributed by atoms with Crippen LogP contribution in [0.25, 0.3) is 0 Å². The number of ether oxygens (including phenoxy) is 2. The average molecular weight is 434 g/mol. The second kappa shape index (κ2) is 9.92. The van der Waals surface area contributed by atoms with Crippen molar-refractivity contribution in [1.82, 2.24) is 10.3 Å². The summed E-state index contributed by atoms with van der Waals surface area (Å²) >= 11 is 0. The third-order valence-corrected chi connectivity index (χ3v) is 4.10. The number of nitrogens with one attached hydrogen (secondary N) is 1. The van der Waals surface area contributed by atoms with Gasteiger partial charge in [-0.1, -0.05) is 12.1 Å². The molecule has 3 aromatic rings. The number of amides is 1. The van der Waals surface area contributed by atoms with Crippen molar-refractivity contribution in [2.75, 3.05) is 13.2 Å². The number of para-hydroxylation sites is 1. The van der Waals surface area contributed by atoms with Gasteiger partial charge in [-0.05, 0) is 48.9 Å². The van der Waals surface area contributed by atoms with E-state index < -0.39 is 17.6 Å². The highest BCUT2D eigenvalue weighted by atomic mass is 19.4. The highest BCUT2D eigenvalue weighted by Crippen LogP contribution is 2.30. The fourth-order valence-corrected chi connectivity index (χ4v) is 2.52. The highest BCUT2D eigenvalue weighted by Gasteiger charge is 2.30. The van der Waals surface area contributed by atoms with E-state index in [1.807, 2.05) is 0 Å². The van der Waals surface area contributed by atoms with E-state index in [-0.39, 0.29) is 24.1 Å². The molecule has 0 spiro atoms. The lowest BCUT2D eigenvalue weighted by Crippen LogP contribution is -2.25. The Labute approximate surface area is 175 Å². The van der Waals surface area contributed by atoms with Crippen LogP contribution < -0.4 is 14.8 Å². The van der Waals surface area contributed by atoms with Crippen LogP contribution in [0.3, 0.4) is 0 Å². The van der Waals surface area contributed by atoms with Crippen LogP contribution in [0.1, 0.15) is 22.3 Å². The summed E-state index contributed by atoms with van der Waals surface area (Å²) in [6.07, 6.45) is -3.29. The van der Waals surface area contributed by atoms with Crippen molar-refractivity contribution in [3.8, 4) is 17.4 Å². The summed E-state index contributed by atoms with van der Waals surface area (Å²) in [5.41, 5.74) is -0.492. The molecule has 0 aliphatic carbocycles. The number of pyridine rings is 1. The molecule has 0 fully saturated rings. The number of benzene rings is 2. The first-order chi connectivity index (χ1) is 14.8. The van der Waals surface area contributed by atoms with Gasteiger partial charge < -0.3 is 14.8 Å². The van der Waals surface area contributed by atoms with Gasteiger partial charge in [0.05, 0.1) is 12.2 Å². The molecule has 5 nitrogen and oxygen atoms in total. The Kier molecular flexibility index (Phi) is 7.07. The molecule has 0 bridgehead atoms. The van der Waals surface area contributed by atoms with E-state index >= 15 is 0 Å². The van der Waals surface area contributed by atoms with Gasteiger partial charge in [0.15, 0.2) is 11.6 Å². The predicted molar refractivity (Wildman–Crippen MR) is 105 cm³/mol. The van der Waals surface area contributed by atoms with Crippen LogP contribution in [0.5, 0.6) is 17.4 Å². The van der Waals surface area contributed by atoms with Gasteiger partial charge >= 0.3 is 6.18 Å². The summed E-state index contributed by atoms with van der Waals surface area (Å²) in [7, 11) is 0. The van der Waals surface area contributed by atoms with Gasteiger partial charge in [0.2, 0.25) is 5.88 Å². The monoisotopic (exact) mass is 434 g/mol. The number of hydrogen-bond donors (Lipinski definition) is 1. The van der Waals surface area contributed by atoms with Crippen LogP contribution in [-0.2, 0) is 6.18 Å². The van der Waals surface area contributed by atoms with Crippen molar-refractivity contribution in [1.29, 1.82) is 0 Å². The van der Waals surface area contributed by atoms with E-state index in [0.717, 1.165) is 12.1 Å². The van der Waals surface area contributed by atoms with E-state index in [4.69, 9.17) is 9.47 Å². The first kappa shape index (κ1) is 22.1. The van der Waals surface area contributed by atoms with Crippen LogP contribution in [0.4, 0.5) is 17.6 Å². The molecule has 1 amide bonds. The van der Waals surface area contributed by atoms with Gasteiger partial charge in [0.1, 0.15) is 5.75 Å². The fraction of sp³-hybridized carbons (Fsp3) is 0.182. The molecule has 0 aliphatic heterocycles. The van der Waals surface area contributed by atoms with E-state index in [1.165, 1.54) is 36.4 Å². The Morgan fingerprint density at radius 1 is 1.00 bits per heavy atom. The largest absolute Gasteiger partial charge is 0.490 e. The molecule has 0 radical (unpaired) electrons. The van der Waals surface area contributed by atoms with Gasteiger partial charge in [-0.3, -0.25) is 4.79 Å². The maximum Gasteiger partial charge on any atom is 0.417 e. The molecule has 1 N–H and O–H groups in total. The number of carbonyl (C=O) groups excluding carboxylic acids is 1. The topological polar surface area (TPSA) is 60.5 Å². The van der Waals surface area contributed by atoms with Crippen molar-refractivity contribution < 1.29 is 31.8 Å². The third-order valence-electron chi connectivity index (χ3n) is 4.10. The summed E-state index contributed by atoms with van der Waals surface area (Å²) in [4.78, 5) is 15.8. The lowest BCUT2D eigenvalue weighted by Gasteiger charge is -2.09. The number of alkyl halides is 3. The SMILES string of the molecule is O=C(NCCCOc1ccccc1F)c1ccc(Oc2ccc(C(F)(F)F)cn2)cc1. The zero-order chi connectivity index (χ0) is 22.3. The first-order valence-electron chi connectivity index (χ1n) is 9.29. The molecule has 1 aromatic heterocycles. The molecule has 9 heteroatoms. The average Bonchev–Trinajstić information content (AvgIpc) is 2.75. The second-order valence-electron chi connectivity index (χ2n) is 6.40. The zero-order valence-electron chi connectivity index (χ0n) is 16.2. The van der Waals surface area contributed by atoms with Crippen molar-refractivity contribution >= 4 is 5.91 Å². The molecule has 31 heavy (non-hydrogen) atoms. The Balaban J connectivity index is 1.44. The molecular formula is C22H18F4N2O3. The Morgan fingerprint density at radius 2 is 1.74 bits per heavy atom. The number of carbonyl (C=O) groups is 1. The fourth-order valence-electron chi connectivity index (χ4n) is 2.52. The summed E-state index contributed by atoms with van der Waals surface area (Å²) in [5, 5.41) is 2.72. The molecule has 0 unspecified atom stereocenters. The second-order valence-corrected chi connectivity index (χ2v) is 6.40. The Hall–Kier alpha value is -3.62. The molecule has 3 rings (SSSR count). The summed E-state index contributed by atoms with van der Waals surface area (Å²) in [6, 6.07) is 14.1. The predicted octanol–water partition coefficient (Wildman–Crippen LogP) is 5.23. The highest BCUT2D eigenvalue weighted by molar-refractivity contribution is 5.94. The van der Waals surface area contributed by atoms with Gasteiger partial charge in [0.25, 0.3) is 5.91 Å². The van der Waals surface area contributed by atoms with E-state index in [1.54, 1.807) is 12.1 Å². The number of halogens is 4.